The summed E-state index contributed by atoms with van der Waals surface area (Å²) in [6.07, 6.45) is -0.175. The number of amides is 3. The van der Waals surface area contributed by atoms with Gasteiger partial charge in [-0.15, -0.1) is 0 Å². The van der Waals surface area contributed by atoms with Crippen LogP contribution in [0.25, 0.3) is 0 Å². The van der Waals surface area contributed by atoms with Crippen LogP contribution < -0.4 is 16.0 Å². The van der Waals surface area contributed by atoms with Crippen LogP contribution in [0.2, 0.25) is 5.02 Å². The van der Waals surface area contributed by atoms with Crippen molar-refractivity contribution in [1.29, 1.82) is 0 Å². The van der Waals surface area contributed by atoms with Crippen LogP contribution in [-0.4, -0.2) is 47.9 Å². The topological polar surface area (TPSA) is 125 Å². The van der Waals surface area contributed by atoms with E-state index < -0.39 is 18.0 Å². The summed E-state index contributed by atoms with van der Waals surface area (Å²) in [7, 11) is 0. The van der Waals surface area contributed by atoms with Crippen molar-refractivity contribution in [2.45, 2.75) is 25.4 Å². The Morgan fingerprint density at radius 2 is 1.73 bits per heavy atom. The Hall–Kier alpha value is -4.01. The maximum absolute atomic E-state index is 13.6. The molecule has 0 saturated heterocycles. The Bertz CT molecular complexity index is 1320. The third-order valence-electron chi connectivity index (χ3n) is 6.04. The molecule has 0 aliphatic carbocycles. The first-order chi connectivity index (χ1) is 17.9. The summed E-state index contributed by atoms with van der Waals surface area (Å²) in [5.41, 5.74) is 9.15. The highest BCUT2D eigenvalue weighted by Crippen LogP contribution is 2.28. The number of nitrogens with one attached hydrogen (secondary N) is 1. The van der Waals surface area contributed by atoms with Crippen LogP contribution in [0.5, 0.6) is 0 Å². The summed E-state index contributed by atoms with van der Waals surface area (Å²) >= 11 is 5.94. The van der Waals surface area contributed by atoms with E-state index >= 15 is 0 Å². The number of hydrogen-bond acceptors (Lipinski definition) is 5. The second kappa shape index (κ2) is 11.8. The molecule has 0 saturated carbocycles. The molecule has 1 aliphatic rings. The Labute approximate surface area is 219 Å². The molecule has 8 nitrogen and oxygen atoms in total. The van der Waals surface area contributed by atoms with Gasteiger partial charge in [0, 0.05) is 41.3 Å². The number of aliphatic imine (C=N–C) groups is 1. The maximum Gasteiger partial charge on any atom is 0.272 e. The standard InChI is InChI=1S/C28H27ClN4O4/c29-21-13-6-18(7-14-21)8-15-24(35)31-27-28(37)33(16-3-17-34)23-5-2-1-4-22(23)25(32-27)19-9-11-20(12-10-19)26(30)36/h1-2,4-7,9-14,27,34H,3,8,15-17H2,(H2,30,36)(H,31,35). The van der Waals surface area contributed by atoms with Crippen LogP contribution in [-0.2, 0) is 16.0 Å². The highest BCUT2D eigenvalue weighted by molar-refractivity contribution is 6.30. The van der Waals surface area contributed by atoms with Crippen LogP contribution in [0.4, 0.5) is 5.69 Å². The van der Waals surface area contributed by atoms with Crippen LogP contribution in [0.15, 0.2) is 77.8 Å². The highest BCUT2D eigenvalue weighted by atomic mass is 35.5. The van der Waals surface area contributed by atoms with Crippen molar-refractivity contribution in [3.05, 3.63) is 100 Å². The highest BCUT2D eigenvalue weighted by Gasteiger charge is 2.32. The number of hydrogen-bond donors (Lipinski definition) is 3. The van der Waals surface area contributed by atoms with Gasteiger partial charge in [0.1, 0.15) is 0 Å². The molecule has 1 atom stereocenters. The molecule has 0 aromatic heterocycles. The molecule has 0 bridgehead atoms. The fraction of sp³-hybridized carbons (Fsp3) is 0.214. The molecule has 4 N–H and O–H groups in total. The van der Waals surface area contributed by atoms with Crippen molar-refractivity contribution >= 4 is 40.7 Å². The number of para-hydroxylation sites is 1. The summed E-state index contributed by atoms with van der Waals surface area (Å²) in [5, 5.41) is 12.8. The van der Waals surface area contributed by atoms with Crippen molar-refractivity contribution in [2.75, 3.05) is 18.1 Å². The molecule has 37 heavy (non-hydrogen) atoms. The third-order valence-corrected chi connectivity index (χ3v) is 6.29. The van der Waals surface area contributed by atoms with E-state index in [0.717, 1.165) is 5.56 Å². The summed E-state index contributed by atoms with van der Waals surface area (Å²) < 4.78 is 0. The minimum Gasteiger partial charge on any atom is -0.396 e. The number of benzene rings is 3. The fourth-order valence-electron chi connectivity index (χ4n) is 4.14. The summed E-state index contributed by atoms with van der Waals surface area (Å²) in [6.45, 7) is 0.166. The minimum atomic E-state index is -1.17. The van der Waals surface area contributed by atoms with Crippen LogP contribution in [0.1, 0.15) is 39.9 Å². The molecule has 3 amide bonds. The molecule has 9 heteroatoms. The predicted molar refractivity (Wildman–Crippen MR) is 143 cm³/mol. The summed E-state index contributed by atoms with van der Waals surface area (Å²) in [5.74, 6) is -1.27. The zero-order chi connectivity index (χ0) is 26.4. The largest absolute Gasteiger partial charge is 0.396 e. The van der Waals surface area contributed by atoms with E-state index in [-0.39, 0.29) is 25.5 Å². The number of anilines is 1. The zero-order valence-electron chi connectivity index (χ0n) is 20.1. The Balaban J connectivity index is 1.67. The molecule has 0 fully saturated rings. The van der Waals surface area contributed by atoms with Gasteiger partial charge < -0.3 is 21.1 Å². The average molecular weight is 519 g/mol. The molecule has 190 valence electrons. The van der Waals surface area contributed by atoms with Crippen molar-refractivity contribution in [2.24, 2.45) is 10.7 Å². The number of carbonyl (C=O) groups excluding carboxylic acids is 3. The van der Waals surface area contributed by atoms with E-state index in [1.165, 1.54) is 0 Å². The number of rotatable bonds is 9. The molecule has 0 spiro atoms. The number of aliphatic hydroxyl groups excluding tert-OH is 1. The number of benzodiazepines with no additional fused rings is 1. The number of nitrogens with two attached hydrogens (primary N) is 1. The SMILES string of the molecule is NC(=O)c1ccc(C2=NC(NC(=O)CCc3ccc(Cl)cc3)C(=O)N(CCCO)c3ccccc32)cc1. The van der Waals surface area contributed by atoms with E-state index in [9.17, 15) is 19.5 Å². The van der Waals surface area contributed by atoms with Gasteiger partial charge in [-0.05, 0) is 48.7 Å². The number of aliphatic hydroxyl groups is 1. The summed E-state index contributed by atoms with van der Waals surface area (Å²) in [4.78, 5) is 44.3. The van der Waals surface area contributed by atoms with E-state index in [1.807, 2.05) is 36.4 Å². The first-order valence-corrected chi connectivity index (χ1v) is 12.3. The van der Waals surface area contributed by atoms with Crippen molar-refractivity contribution in [3.8, 4) is 0 Å². The maximum atomic E-state index is 13.6. The number of halogens is 1. The molecular weight excluding hydrogens is 492 g/mol. The number of aryl methyl sites for hydroxylation is 1. The van der Waals surface area contributed by atoms with Gasteiger partial charge in [-0.3, -0.25) is 14.4 Å². The van der Waals surface area contributed by atoms with Gasteiger partial charge in [0.25, 0.3) is 5.91 Å². The van der Waals surface area contributed by atoms with Gasteiger partial charge in [0.15, 0.2) is 0 Å². The summed E-state index contributed by atoms with van der Waals surface area (Å²) in [6, 6.07) is 21.2. The Kier molecular flexibility index (Phi) is 8.32. The van der Waals surface area contributed by atoms with Crippen LogP contribution in [0, 0.1) is 0 Å². The lowest BCUT2D eigenvalue weighted by Gasteiger charge is -2.25. The van der Waals surface area contributed by atoms with Gasteiger partial charge in [0.05, 0.1) is 11.4 Å². The Morgan fingerprint density at radius 1 is 1.03 bits per heavy atom. The molecular formula is C28H27ClN4O4. The van der Waals surface area contributed by atoms with Gasteiger partial charge in [0.2, 0.25) is 18.0 Å². The molecule has 3 aromatic rings. The normalized spacial score (nSPS) is 15.0. The zero-order valence-corrected chi connectivity index (χ0v) is 20.8. The molecule has 0 radical (unpaired) electrons. The lowest BCUT2D eigenvalue weighted by atomic mass is 9.99. The minimum absolute atomic E-state index is 0.0909. The van der Waals surface area contributed by atoms with E-state index in [0.29, 0.717) is 46.0 Å². The van der Waals surface area contributed by atoms with Crippen molar-refractivity contribution in [1.82, 2.24) is 5.32 Å². The van der Waals surface area contributed by atoms with Crippen LogP contribution in [0.3, 0.4) is 0 Å². The average Bonchev–Trinajstić information content (AvgIpc) is 3.01. The van der Waals surface area contributed by atoms with Gasteiger partial charge in [-0.2, -0.15) is 0 Å². The van der Waals surface area contributed by atoms with Crippen molar-refractivity contribution in [3.63, 3.8) is 0 Å². The number of primary amides is 1. The first-order valence-electron chi connectivity index (χ1n) is 11.9. The Morgan fingerprint density at radius 3 is 2.41 bits per heavy atom. The third kappa shape index (κ3) is 6.22. The van der Waals surface area contributed by atoms with Crippen LogP contribution >= 0.6 is 11.6 Å². The monoisotopic (exact) mass is 518 g/mol. The van der Waals surface area contributed by atoms with Gasteiger partial charge in [-0.25, -0.2) is 4.99 Å². The smallest absolute Gasteiger partial charge is 0.272 e. The molecule has 1 aliphatic heterocycles. The lowest BCUT2D eigenvalue weighted by Crippen LogP contribution is -2.47. The lowest BCUT2D eigenvalue weighted by molar-refractivity contribution is -0.127. The molecule has 3 aromatic carbocycles. The van der Waals surface area contributed by atoms with Gasteiger partial charge >= 0.3 is 0 Å². The first kappa shape index (κ1) is 26.1. The molecule has 1 unspecified atom stereocenters. The second-order valence-corrected chi connectivity index (χ2v) is 9.04. The van der Waals surface area contributed by atoms with E-state index in [1.54, 1.807) is 41.3 Å². The van der Waals surface area contributed by atoms with E-state index in [2.05, 4.69) is 5.32 Å². The quantitative estimate of drug-likeness (QED) is 0.402. The fourth-order valence-corrected chi connectivity index (χ4v) is 4.26. The van der Waals surface area contributed by atoms with Gasteiger partial charge in [-0.1, -0.05) is 54.1 Å². The molecule has 1 heterocycles. The number of nitrogens with zero attached hydrogens (tertiary/aromatic N) is 2. The second-order valence-electron chi connectivity index (χ2n) is 8.60. The number of fused-ring (bicyclic) bond motifs is 1. The van der Waals surface area contributed by atoms with E-state index in [4.69, 9.17) is 22.3 Å². The van der Waals surface area contributed by atoms with Crippen molar-refractivity contribution < 1.29 is 19.5 Å². The number of carbonyl (C=O) groups is 3. The predicted octanol–water partition coefficient (Wildman–Crippen LogP) is 3.08. The molecule has 4 rings (SSSR count).